The molecule has 6 rings (SSSR count). The summed E-state index contributed by atoms with van der Waals surface area (Å²) < 4.78 is 45.7. The highest BCUT2D eigenvalue weighted by Gasteiger charge is 2.50. The molecule has 3 unspecified atom stereocenters. The van der Waals surface area contributed by atoms with Gasteiger partial charge in [-0.1, -0.05) is 35.4 Å². The number of benzene rings is 4. The Hall–Kier alpha value is -4.90. The average molecular weight is 627 g/mol. The minimum atomic E-state index is -0.589. The Morgan fingerprint density at radius 3 is 1.61 bits per heavy atom. The van der Waals surface area contributed by atoms with E-state index in [0.717, 1.165) is 16.9 Å². The molecule has 0 aliphatic carbocycles. The minimum absolute atomic E-state index is 0.0113. The van der Waals surface area contributed by atoms with Gasteiger partial charge in [0.2, 0.25) is 6.79 Å². The van der Waals surface area contributed by atoms with Gasteiger partial charge in [0.1, 0.15) is 41.3 Å². The Balaban J connectivity index is 0.911. The Bertz CT molecular complexity index is 1600. The quantitative estimate of drug-likeness (QED) is 0.111. The summed E-state index contributed by atoms with van der Waals surface area (Å²) in [6.45, 7) is 4.50. The predicted molar refractivity (Wildman–Crippen MR) is 165 cm³/mol. The van der Waals surface area contributed by atoms with E-state index in [1.165, 1.54) is 0 Å². The number of rotatable bonds is 12. The lowest BCUT2D eigenvalue weighted by Gasteiger charge is -2.17. The van der Waals surface area contributed by atoms with Gasteiger partial charge in [-0.2, -0.15) is 0 Å². The first kappa shape index (κ1) is 31.1. The van der Waals surface area contributed by atoms with Crippen LogP contribution in [-0.4, -0.2) is 63.2 Å². The van der Waals surface area contributed by atoms with E-state index >= 15 is 0 Å². The number of hydrogen-bond acceptors (Lipinski definition) is 10. The van der Waals surface area contributed by atoms with Crippen molar-refractivity contribution in [3.05, 3.63) is 119 Å². The summed E-state index contributed by atoms with van der Waals surface area (Å²) in [5, 5.41) is 0. The van der Waals surface area contributed by atoms with Crippen molar-refractivity contribution in [1.82, 2.24) is 0 Å². The molecular formula is C36H34O10. The number of hydrogen-bond donors (Lipinski definition) is 0. The maximum absolute atomic E-state index is 12.8. The molecule has 46 heavy (non-hydrogen) atoms. The number of carbonyl (C=O) groups is 2. The summed E-state index contributed by atoms with van der Waals surface area (Å²) in [6, 6.07) is 28.1. The summed E-state index contributed by atoms with van der Waals surface area (Å²) in [7, 11) is 0. The fourth-order valence-corrected chi connectivity index (χ4v) is 5.01. The van der Waals surface area contributed by atoms with E-state index in [1.54, 1.807) is 60.7 Å². The molecule has 0 N–H and O–H groups in total. The van der Waals surface area contributed by atoms with Crippen molar-refractivity contribution >= 4 is 11.9 Å². The molecule has 2 aliphatic rings. The molecule has 238 valence electrons. The topological polar surface area (TPSA) is 108 Å². The summed E-state index contributed by atoms with van der Waals surface area (Å²) in [6.07, 6.45) is -1.82. The Morgan fingerprint density at radius 1 is 0.565 bits per heavy atom. The van der Waals surface area contributed by atoms with Crippen molar-refractivity contribution in [2.45, 2.75) is 38.3 Å². The smallest absolute Gasteiger partial charge is 0.343 e. The predicted octanol–water partition coefficient (Wildman–Crippen LogP) is 5.68. The van der Waals surface area contributed by atoms with Crippen molar-refractivity contribution in [2.75, 3.05) is 26.8 Å². The van der Waals surface area contributed by atoms with E-state index in [-0.39, 0.29) is 32.9 Å². The van der Waals surface area contributed by atoms with E-state index in [0.29, 0.717) is 28.4 Å². The summed E-state index contributed by atoms with van der Waals surface area (Å²) >= 11 is 0. The van der Waals surface area contributed by atoms with Crippen LogP contribution in [0.5, 0.6) is 23.0 Å². The molecule has 0 spiro atoms. The molecule has 4 aromatic carbocycles. The zero-order valence-corrected chi connectivity index (χ0v) is 25.5. The number of esters is 2. The molecule has 0 saturated carbocycles. The third-order valence-corrected chi connectivity index (χ3v) is 7.61. The van der Waals surface area contributed by atoms with Gasteiger partial charge in [-0.3, -0.25) is 0 Å². The van der Waals surface area contributed by atoms with Crippen molar-refractivity contribution in [2.24, 2.45) is 0 Å². The van der Waals surface area contributed by atoms with Crippen LogP contribution in [0, 0.1) is 13.8 Å². The molecule has 0 bridgehead atoms. The van der Waals surface area contributed by atoms with Gasteiger partial charge in [0.15, 0.2) is 12.9 Å². The van der Waals surface area contributed by atoms with E-state index in [2.05, 4.69) is 0 Å². The Kier molecular flexibility index (Phi) is 9.78. The number of aryl methyl sites for hydroxylation is 2. The molecule has 0 aromatic heterocycles. The zero-order chi connectivity index (χ0) is 31.9. The van der Waals surface area contributed by atoms with Gasteiger partial charge in [-0.25, -0.2) is 9.59 Å². The lowest BCUT2D eigenvalue weighted by Crippen LogP contribution is -2.35. The fraction of sp³-hybridized carbons (Fsp3) is 0.278. The van der Waals surface area contributed by atoms with Gasteiger partial charge in [-0.15, -0.1) is 0 Å². The van der Waals surface area contributed by atoms with Crippen LogP contribution in [0.15, 0.2) is 97.1 Å². The maximum Gasteiger partial charge on any atom is 0.343 e. The Labute approximate surface area is 266 Å². The van der Waals surface area contributed by atoms with Crippen LogP contribution >= 0.6 is 0 Å². The van der Waals surface area contributed by atoms with Gasteiger partial charge in [0.25, 0.3) is 0 Å². The highest BCUT2D eigenvalue weighted by molar-refractivity contribution is 5.92. The first-order valence-corrected chi connectivity index (χ1v) is 14.9. The normalized spacial score (nSPS) is 20.0. The Morgan fingerprint density at radius 2 is 1.00 bits per heavy atom. The zero-order valence-electron chi connectivity index (χ0n) is 25.5. The number of ether oxygens (including phenoxy) is 8. The van der Waals surface area contributed by atoms with Crippen LogP contribution in [0.25, 0.3) is 0 Å². The van der Waals surface area contributed by atoms with E-state index in [4.69, 9.17) is 37.9 Å². The van der Waals surface area contributed by atoms with Crippen molar-refractivity contribution < 1.29 is 47.5 Å². The first-order chi connectivity index (χ1) is 22.4. The monoisotopic (exact) mass is 626 g/mol. The molecule has 2 fully saturated rings. The summed E-state index contributed by atoms with van der Waals surface area (Å²) in [4.78, 5) is 25.2. The summed E-state index contributed by atoms with van der Waals surface area (Å²) in [5.74, 6) is 1.30. The molecule has 4 atom stereocenters. The first-order valence-electron chi connectivity index (χ1n) is 14.9. The molecular weight excluding hydrogens is 592 g/mol. The molecule has 10 heteroatoms. The van der Waals surface area contributed by atoms with Gasteiger partial charge in [-0.05, 0) is 86.6 Å². The molecule has 4 aromatic rings. The molecule has 2 heterocycles. The van der Waals surface area contributed by atoms with Gasteiger partial charge >= 0.3 is 11.9 Å². The standard InChI is InChI=1S/C36H34O10/c1-23-3-7-25(8-4-23)35(37)45-30-13-9-26(10-14-30)36(38)46-32-20-40-33-31(19-39-34(32)33)44-22-43-29-17-15-28(16-18-29)42-21-41-27-11-5-24(2)6-12-27/h3-18,31-34H,19-22H2,1-2H3/t31-,32?,33?,34?/m1/s1. The molecule has 0 amide bonds. The van der Waals surface area contributed by atoms with Crippen molar-refractivity contribution in [3.63, 3.8) is 0 Å². The van der Waals surface area contributed by atoms with Crippen LogP contribution < -0.4 is 18.9 Å². The third-order valence-electron chi connectivity index (χ3n) is 7.61. The number of fused-ring (bicyclic) bond motifs is 1. The van der Waals surface area contributed by atoms with Crippen molar-refractivity contribution in [3.8, 4) is 23.0 Å². The second-order valence-corrected chi connectivity index (χ2v) is 11.0. The highest BCUT2D eigenvalue weighted by Crippen LogP contribution is 2.31. The van der Waals surface area contributed by atoms with Crippen LogP contribution in [0.3, 0.4) is 0 Å². The molecule has 10 nitrogen and oxygen atoms in total. The van der Waals surface area contributed by atoms with Gasteiger partial charge in [0.05, 0.1) is 24.3 Å². The second kappa shape index (κ2) is 14.5. The van der Waals surface area contributed by atoms with E-state index in [1.807, 2.05) is 50.2 Å². The lowest BCUT2D eigenvalue weighted by atomic mass is 10.1. The third kappa shape index (κ3) is 7.84. The SMILES string of the molecule is Cc1ccc(OCOc2ccc(OCO[C@@H]3COC4C(OC(=O)c5ccc(OC(=O)c6ccc(C)cc6)cc5)COC43)cc2)cc1. The van der Waals surface area contributed by atoms with Crippen molar-refractivity contribution in [1.29, 1.82) is 0 Å². The van der Waals surface area contributed by atoms with Crippen LogP contribution in [-0.2, 0) is 18.9 Å². The minimum Gasteiger partial charge on any atom is -0.468 e. The molecule has 0 radical (unpaired) electrons. The van der Waals surface area contributed by atoms with Crippen LogP contribution in [0.2, 0.25) is 0 Å². The molecule has 2 aliphatic heterocycles. The maximum atomic E-state index is 12.8. The molecule has 2 saturated heterocycles. The average Bonchev–Trinajstić information content (AvgIpc) is 3.66. The van der Waals surface area contributed by atoms with Gasteiger partial charge < -0.3 is 37.9 Å². The number of carbonyl (C=O) groups excluding carboxylic acids is 2. The van der Waals surface area contributed by atoms with Gasteiger partial charge in [0, 0.05) is 0 Å². The largest absolute Gasteiger partial charge is 0.468 e. The van der Waals surface area contributed by atoms with E-state index in [9.17, 15) is 9.59 Å². The fourth-order valence-electron chi connectivity index (χ4n) is 5.01. The summed E-state index contributed by atoms with van der Waals surface area (Å²) in [5.41, 5.74) is 2.96. The van der Waals surface area contributed by atoms with Crippen LogP contribution in [0.4, 0.5) is 0 Å². The lowest BCUT2D eigenvalue weighted by molar-refractivity contribution is -0.0839. The van der Waals surface area contributed by atoms with E-state index < -0.39 is 30.3 Å². The highest BCUT2D eigenvalue weighted by atomic mass is 16.7. The van der Waals surface area contributed by atoms with Crippen LogP contribution in [0.1, 0.15) is 31.8 Å². The second-order valence-electron chi connectivity index (χ2n) is 11.0.